The van der Waals surface area contributed by atoms with Crippen LogP contribution in [0, 0.1) is 5.92 Å². The molecule has 2 aliphatic rings. The molecule has 0 aliphatic carbocycles. The fourth-order valence-electron chi connectivity index (χ4n) is 3.54. The summed E-state index contributed by atoms with van der Waals surface area (Å²) < 4.78 is 19.1. The molecule has 0 radical (unpaired) electrons. The topological polar surface area (TPSA) is 78.9 Å². The van der Waals surface area contributed by atoms with Crippen LogP contribution in [-0.2, 0) is 14.3 Å². The summed E-state index contributed by atoms with van der Waals surface area (Å²) in [5, 5.41) is 0. The number of ether oxygens (including phenoxy) is 1. The van der Waals surface area contributed by atoms with Crippen molar-refractivity contribution >= 4 is 23.6 Å². The Morgan fingerprint density at radius 1 is 1.41 bits per heavy atom. The maximum atomic E-state index is 14.1. The summed E-state index contributed by atoms with van der Waals surface area (Å²) in [7, 11) is 5.42. The third kappa shape index (κ3) is 4.64. The first-order chi connectivity index (χ1) is 12.8. The van der Waals surface area contributed by atoms with Gasteiger partial charge >= 0.3 is 5.97 Å². The van der Waals surface area contributed by atoms with Gasteiger partial charge in [0, 0.05) is 52.6 Å². The van der Waals surface area contributed by atoms with Crippen LogP contribution in [-0.4, -0.2) is 79.8 Å². The van der Waals surface area contributed by atoms with Gasteiger partial charge in [-0.2, -0.15) is 4.98 Å². The van der Waals surface area contributed by atoms with Gasteiger partial charge in [-0.25, -0.2) is 9.37 Å². The van der Waals surface area contributed by atoms with Crippen molar-refractivity contribution in [3.63, 3.8) is 0 Å². The van der Waals surface area contributed by atoms with Gasteiger partial charge in [-0.3, -0.25) is 9.59 Å². The van der Waals surface area contributed by atoms with E-state index in [9.17, 15) is 14.0 Å². The van der Waals surface area contributed by atoms with Crippen molar-refractivity contribution in [2.45, 2.75) is 31.5 Å². The molecule has 2 aliphatic heterocycles. The largest absolute Gasteiger partial charge is 0.465 e. The zero-order valence-electron chi connectivity index (χ0n) is 16.0. The predicted molar refractivity (Wildman–Crippen MR) is 98.3 cm³/mol. The normalized spacial score (nSPS) is 24.8. The summed E-state index contributed by atoms with van der Waals surface area (Å²) in [6.45, 7) is 0.957. The molecule has 9 heteroatoms. The van der Waals surface area contributed by atoms with Gasteiger partial charge in [-0.05, 0) is 6.07 Å². The molecule has 1 amide bonds. The molecule has 3 rings (SSSR count). The number of likely N-dealkylation sites (N-methyl/N-ethyl adjacent to an activating group) is 1. The summed E-state index contributed by atoms with van der Waals surface area (Å²) in [4.78, 5) is 37.7. The Morgan fingerprint density at radius 3 is 2.85 bits per heavy atom. The second kappa shape index (κ2) is 8.06. The molecule has 1 aromatic rings. The van der Waals surface area contributed by atoms with Crippen molar-refractivity contribution in [2.75, 3.05) is 50.6 Å². The number of aromatic nitrogens is 2. The van der Waals surface area contributed by atoms with E-state index >= 15 is 0 Å². The first-order valence-corrected chi connectivity index (χ1v) is 9.14. The highest BCUT2D eigenvalue weighted by Crippen LogP contribution is 2.27. The maximum Gasteiger partial charge on any atom is 0.306 e. The van der Waals surface area contributed by atoms with Gasteiger partial charge in [-0.15, -0.1) is 0 Å². The molecule has 0 saturated carbocycles. The highest BCUT2D eigenvalue weighted by molar-refractivity contribution is 5.78. The number of carbonyl (C=O) groups is 2. The minimum Gasteiger partial charge on any atom is -0.465 e. The third-order valence-corrected chi connectivity index (χ3v) is 4.99. The monoisotopic (exact) mass is 379 g/mol. The summed E-state index contributed by atoms with van der Waals surface area (Å²) >= 11 is 0. The van der Waals surface area contributed by atoms with Crippen molar-refractivity contribution in [2.24, 2.45) is 5.92 Å². The van der Waals surface area contributed by atoms with E-state index in [1.54, 1.807) is 29.1 Å². The second-order valence-electron chi connectivity index (χ2n) is 7.48. The molecule has 0 spiro atoms. The number of carbonyl (C=O) groups excluding carboxylic acids is 2. The summed E-state index contributed by atoms with van der Waals surface area (Å²) in [6.07, 6.45) is 1.61. The Morgan fingerprint density at radius 2 is 2.19 bits per heavy atom. The molecule has 0 aromatic carbocycles. The Balaban J connectivity index is 1.64. The molecule has 1 aromatic heterocycles. The Bertz CT molecular complexity index is 701. The lowest BCUT2D eigenvalue weighted by molar-refractivity contribution is -0.138. The lowest BCUT2D eigenvalue weighted by atomic mass is 10.0. The van der Waals surface area contributed by atoms with Crippen molar-refractivity contribution < 1.29 is 18.7 Å². The fraction of sp³-hybridized carbons (Fsp3) is 0.667. The van der Waals surface area contributed by atoms with Crippen molar-refractivity contribution in [3.05, 3.63) is 12.3 Å². The number of anilines is 2. The number of nitrogens with zero attached hydrogens (tertiary/aromatic N) is 5. The second-order valence-corrected chi connectivity index (χ2v) is 7.48. The number of hydrogen-bond acceptors (Lipinski definition) is 7. The van der Waals surface area contributed by atoms with Gasteiger partial charge < -0.3 is 19.4 Å². The van der Waals surface area contributed by atoms with Crippen LogP contribution in [0.3, 0.4) is 0 Å². The quantitative estimate of drug-likeness (QED) is 0.679. The molecule has 2 fully saturated rings. The Hall–Kier alpha value is -2.45. The average molecular weight is 379 g/mol. The molecule has 0 bridgehead atoms. The Kier molecular flexibility index (Phi) is 5.76. The van der Waals surface area contributed by atoms with E-state index in [4.69, 9.17) is 4.74 Å². The molecular weight excluding hydrogens is 353 g/mol. The van der Waals surface area contributed by atoms with Crippen LogP contribution >= 0.6 is 0 Å². The third-order valence-electron chi connectivity index (χ3n) is 4.99. The standard InChI is InChI=1S/C18H26FN5O3/c1-22(2)18-20-5-4-15(21-18)24-9-13(19)8-14(24)10-23(3)16(25)6-12-7-17(26)27-11-12/h4-5,12-14H,6-11H2,1-3H3/t12?,13-,14-/m0/s1. The van der Waals surface area contributed by atoms with E-state index in [1.807, 2.05) is 19.0 Å². The number of rotatable bonds is 6. The molecule has 3 heterocycles. The Labute approximate surface area is 158 Å². The number of halogens is 1. The predicted octanol–water partition coefficient (Wildman–Crippen LogP) is 0.871. The molecule has 148 valence electrons. The first kappa shape index (κ1) is 19.3. The SMILES string of the molecule is CN(C[C@@H]1C[C@H](F)CN1c1ccnc(N(C)C)n1)C(=O)CC1COC(=O)C1. The van der Waals surface area contributed by atoms with E-state index in [-0.39, 0.29) is 43.2 Å². The van der Waals surface area contributed by atoms with Gasteiger partial charge in [-0.1, -0.05) is 0 Å². The maximum absolute atomic E-state index is 14.1. The van der Waals surface area contributed by atoms with E-state index < -0.39 is 6.17 Å². The van der Waals surface area contributed by atoms with Gasteiger partial charge in [0.25, 0.3) is 0 Å². The van der Waals surface area contributed by atoms with Crippen LogP contribution in [0.2, 0.25) is 0 Å². The van der Waals surface area contributed by atoms with Crippen LogP contribution < -0.4 is 9.80 Å². The first-order valence-electron chi connectivity index (χ1n) is 9.14. The molecular formula is C18H26FN5O3. The zero-order valence-corrected chi connectivity index (χ0v) is 16.0. The number of cyclic esters (lactones) is 1. The van der Waals surface area contributed by atoms with Gasteiger partial charge in [0.2, 0.25) is 11.9 Å². The van der Waals surface area contributed by atoms with Gasteiger partial charge in [0.05, 0.1) is 25.6 Å². The van der Waals surface area contributed by atoms with E-state index in [0.29, 0.717) is 31.3 Å². The highest BCUT2D eigenvalue weighted by Gasteiger charge is 2.35. The lowest BCUT2D eigenvalue weighted by Crippen LogP contribution is -2.42. The molecule has 2 saturated heterocycles. The fourth-order valence-corrected chi connectivity index (χ4v) is 3.54. The van der Waals surface area contributed by atoms with E-state index in [2.05, 4.69) is 9.97 Å². The van der Waals surface area contributed by atoms with E-state index in [0.717, 1.165) is 0 Å². The van der Waals surface area contributed by atoms with Crippen LogP contribution in [0.1, 0.15) is 19.3 Å². The molecule has 0 N–H and O–H groups in total. The zero-order chi connectivity index (χ0) is 19.6. The van der Waals surface area contributed by atoms with Crippen molar-refractivity contribution in [3.8, 4) is 0 Å². The molecule has 1 unspecified atom stereocenters. The number of amides is 1. The number of esters is 1. The minimum atomic E-state index is -0.961. The van der Waals surface area contributed by atoms with Crippen molar-refractivity contribution in [1.29, 1.82) is 0 Å². The van der Waals surface area contributed by atoms with Crippen molar-refractivity contribution in [1.82, 2.24) is 14.9 Å². The summed E-state index contributed by atoms with van der Waals surface area (Å²) in [6, 6.07) is 1.61. The number of alkyl halides is 1. The molecule has 3 atom stereocenters. The number of hydrogen-bond donors (Lipinski definition) is 0. The lowest BCUT2D eigenvalue weighted by Gasteiger charge is -2.30. The summed E-state index contributed by atoms with van der Waals surface area (Å²) in [5.74, 6) is 0.847. The van der Waals surface area contributed by atoms with Gasteiger partial charge in [0.1, 0.15) is 12.0 Å². The summed E-state index contributed by atoms with van der Waals surface area (Å²) in [5.41, 5.74) is 0. The highest BCUT2D eigenvalue weighted by atomic mass is 19.1. The smallest absolute Gasteiger partial charge is 0.306 e. The van der Waals surface area contributed by atoms with Crippen LogP contribution in [0.15, 0.2) is 12.3 Å². The van der Waals surface area contributed by atoms with Crippen LogP contribution in [0.5, 0.6) is 0 Å². The van der Waals surface area contributed by atoms with E-state index in [1.165, 1.54) is 0 Å². The minimum absolute atomic E-state index is 0.0581. The average Bonchev–Trinajstić information content (AvgIpc) is 3.20. The molecule has 8 nitrogen and oxygen atoms in total. The van der Waals surface area contributed by atoms with Crippen LogP contribution in [0.25, 0.3) is 0 Å². The molecule has 27 heavy (non-hydrogen) atoms. The van der Waals surface area contributed by atoms with Crippen LogP contribution in [0.4, 0.5) is 16.2 Å². The van der Waals surface area contributed by atoms with Gasteiger partial charge in [0.15, 0.2) is 0 Å².